The van der Waals surface area contributed by atoms with Gasteiger partial charge in [0.15, 0.2) is 0 Å². The van der Waals surface area contributed by atoms with Crippen LogP contribution in [0, 0.1) is 6.92 Å². The van der Waals surface area contributed by atoms with Crippen molar-refractivity contribution in [2.24, 2.45) is 0 Å². The molecule has 0 bridgehead atoms. The average molecular weight is 237 g/mol. The van der Waals surface area contributed by atoms with Gasteiger partial charge in [0, 0.05) is 11.3 Å². The Labute approximate surface area is 107 Å². The molecule has 0 aliphatic carbocycles. The normalized spacial score (nSPS) is 9.83. The van der Waals surface area contributed by atoms with Crippen molar-refractivity contribution in [2.45, 2.75) is 6.92 Å². The van der Waals surface area contributed by atoms with Gasteiger partial charge in [-0.1, -0.05) is 42.5 Å². The number of aryl methyl sites for hydroxylation is 1. The molecule has 2 nitrogen and oxygen atoms in total. The fraction of sp³-hybridized carbons (Fsp3) is 0.0625. The number of anilines is 1. The number of hydrogen-bond acceptors (Lipinski definition) is 1. The summed E-state index contributed by atoms with van der Waals surface area (Å²) < 4.78 is 0. The molecule has 2 rings (SSSR count). The lowest BCUT2D eigenvalue weighted by atomic mass is 10.1. The first kappa shape index (κ1) is 12.1. The molecule has 1 amide bonds. The molecule has 2 aromatic rings. The van der Waals surface area contributed by atoms with Gasteiger partial charge in [-0.2, -0.15) is 0 Å². The first-order chi connectivity index (χ1) is 8.70. The molecule has 1 N–H and O–H groups in total. The van der Waals surface area contributed by atoms with E-state index in [-0.39, 0.29) is 5.91 Å². The first-order valence-electron chi connectivity index (χ1n) is 5.80. The van der Waals surface area contributed by atoms with E-state index in [1.54, 1.807) is 18.2 Å². The standard InChI is InChI=1S/C16H15NO/c1-3-13-11-12(2)9-10-15(13)17-16(18)14-7-5-4-6-8-14/h3-11H,1H2,2H3,(H,17,18). The second-order valence-corrected chi connectivity index (χ2v) is 4.11. The van der Waals surface area contributed by atoms with Crippen molar-refractivity contribution in [3.8, 4) is 0 Å². The zero-order chi connectivity index (χ0) is 13.0. The fourth-order valence-electron chi connectivity index (χ4n) is 1.75. The van der Waals surface area contributed by atoms with Gasteiger partial charge in [0.05, 0.1) is 0 Å². The molecular formula is C16H15NO. The first-order valence-corrected chi connectivity index (χ1v) is 5.80. The maximum Gasteiger partial charge on any atom is 0.255 e. The van der Waals surface area contributed by atoms with Crippen LogP contribution in [-0.2, 0) is 0 Å². The highest BCUT2D eigenvalue weighted by molar-refractivity contribution is 6.05. The fourth-order valence-corrected chi connectivity index (χ4v) is 1.75. The van der Waals surface area contributed by atoms with Crippen molar-refractivity contribution < 1.29 is 4.79 Å². The van der Waals surface area contributed by atoms with Crippen LogP contribution in [-0.4, -0.2) is 5.91 Å². The molecule has 0 unspecified atom stereocenters. The lowest BCUT2D eigenvalue weighted by Gasteiger charge is -2.09. The van der Waals surface area contributed by atoms with E-state index in [1.165, 1.54) is 0 Å². The molecule has 0 atom stereocenters. The number of amides is 1. The molecule has 18 heavy (non-hydrogen) atoms. The molecule has 0 aromatic heterocycles. The SMILES string of the molecule is C=Cc1cc(C)ccc1NC(=O)c1ccccc1. The summed E-state index contributed by atoms with van der Waals surface area (Å²) in [6, 6.07) is 15.0. The van der Waals surface area contributed by atoms with Crippen molar-refractivity contribution >= 4 is 17.7 Å². The van der Waals surface area contributed by atoms with Crippen LogP contribution < -0.4 is 5.32 Å². The van der Waals surface area contributed by atoms with Gasteiger partial charge in [-0.05, 0) is 36.8 Å². The van der Waals surface area contributed by atoms with E-state index in [1.807, 2.05) is 43.3 Å². The van der Waals surface area contributed by atoms with E-state index in [0.717, 1.165) is 16.8 Å². The minimum Gasteiger partial charge on any atom is -0.321 e. The topological polar surface area (TPSA) is 29.1 Å². The molecule has 0 saturated heterocycles. The summed E-state index contributed by atoms with van der Waals surface area (Å²) in [5.74, 6) is -0.109. The van der Waals surface area contributed by atoms with Crippen molar-refractivity contribution in [1.29, 1.82) is 0 Å². The lowest BCUT2D eigenvalue weighted by Crippen LogP contribution is -2.12. The highest BCUT2D eigenvalue weighted by Gasteiger charge is 2.07. The maximum atomic E-state index is 12.0. The van der Waals surface area contributed by atoms with Gasteiger partial charge in [-0.25, -0.2) is 0 Å². The van der Waals surface area contributed by atoms with Crippen LogP contribution in [0.2, 0.25) is 0 Å². The molecule has 0 aliphatic heterocycles. The predicted octanol–water partition coefficient (Wildman–Crippen LogP) is 3.89. The number of carbonyl (C=O) groups excluding carboxylic acids is 1. The Hall–Kier alpha value is -2.35. The van der Waals surface area contributed by atoms with Crippen LogP contribution in [0.1, 0.15) is 21.5 Å². The van der Waals surface area contributed by atoms with E-state index in [9.17, 15) is 4.79 Å². The second-order valence-electron chi connectivity index (χ2n) is 4.11. The second kappa shape index (κ2) is 5.32. The minimum absolute atomic E-state index is 0.109. The molecule has 0 heterocycles. The van der Waals surface area contributed by atoms with Gasteiger partial charge in [0.1, 0.15) is 0 Å². The maximum absolute atomic E-state index is 12.0. The Bertz CT molecular complexity index is 573. The van der Waals surface area contributed by atoms with E-state index in [4.69, 9.17) is 0 Å². The van der Waals surface area contributed by atoms with Crippen LogP contribution in [0.3, 0.4) is 0 Å². The Morgan fingerprint density at radius 1 is 1.17 bits per heavy atom. The van der Waals surface area contributed by atoms with Crippen LogP contribution in [0.25, 0.3) is 6.08 Å². The molecule has 0 aliphatic rings. The molecule has 90 valence electrons. The Morgan fingerprint density at radius 2 is 1.89 bits per heavy atom. The van der Waals surface area contributed by atoms with E-state index < -0.39 is 0 Å². The molecular weight excluding hydrogens is 222 g/mol. The minimum atomic E-state index is -0.109. The van der Waals surface area contributed by atoms with E-state index in [0.29, 0.717) is 5.56 Å². The van der Waals surface area contributed by atoms with Crippen LogP contribution >= 0.6 is 0 Å². The van der Waals surface area contributed by atoms with Crippen LogP contribution in [0.4, 0.5) is 5.69 Å². The van der Waals surface area contributed by atoms with Crippen molar-refractivity contribution in [2.75, 3.05) is 5.32 Å². The van der Waals surface area contributed by atoms with Gasteiger partial charge in [-0.3, -0.25) is 4.79 Å². The third-order valence-corrected chi connectivity index (χ3v) is 2.71. The number of carbonyl (C=O) groups is 1. The van der Waals surface area contributed by atoms with E-state index >= 15 is 0 Å². The van der Waals surface area contributed by atoms with Gasteiger partial charge in [0.25, 0.3) is 5.91 Å². The van der Waals surface area contributed by atoms with Gasteiger partial charge >= 0.3 is 0 Å². The Kier molecular flexibility index (Phi) is 3.58. The molecule has 0 fully saturated rings. The molecule has 0 saturated carbocycles. The van der Waals surface area contributed by atoms with Crippen LogP contribution in [0.5, 0.6) is 0 Å². The molecule has 0 radical (unpaired) electrons. The smallest absolute Gasteiger partial charge is 0.255 e. The summed E-state index contributed by atoms with van der Waals surface area (Å²) in [5.41, 5.74) is 3.50. The van der Waals surface area contributed by atoms with Crippen molar-refractivity contribution in [3.05, 3.63) is 71.8 Å². The largest absolute Gasteiger partial charge is 0.321 e. The third kappa shape index (κ3) is 2.66. The predicted molar refractivity (Wildman–Crippen MR) is 75.7 cm³/mol. The number of nitrogens with one attached hydrogen (secondary N) is 1. The molecule has 0 spiro atoms. The van der Waals surface area contributed by atoms with Crippen molar-refractivity contribution in [1.82, 2.24) is 0 Å². The summed E-state index contributed by atoms with van der Waals surface area (Å²) in [5, 5.41) is 2.89. The zero-order valence-corrected chi connectivity index (χ0v) is 10.3. The highest BCUT2D eigenvalue weighted by atomic mass is 16.1. The van der Waals surface area contributed by atoms with E-state index in [2.05, 4.69) is 11.9 Å². The number of hydrogen-bond donors (Lipinski definition) is 1. The molecule has 2 heteroatoms. The summed E-state index contributed by atoms with van der Waals surface area (Å²) in [4.78, 5) is 12.0. The third-order valence-electron chi connectivity index (χ3n) is 2.71. The van der Waals surface area contributed by atoms with Gasteiger partial charge < -0.3 is 5.32 Å². The Balaban J connectivity index is 2.25. The molecule has 2 aromatic carbocycles. The van der Waals surface area contributed by atoms with Crippen molar-refractivity contribution in [3.63, 3.8) is 0 Å². The summed E-state index contributed by atoms with van der Waals surface area (Å²) in [6.07, 6.45) is 1.74. The Morgan fingerprint density at radius 3 is 2.56 bits per heavy atom. The number of benzene rings is 2. The lowest BCUT2D eigenvalue weighted by molar-refractivity contribution is 0.102. The average Bonchev–Trinajstić information content (AvgIpc) is 2.41. The van der Waals surface area contributed by atoms with Gasteiger partial charge in [0.2, 0.25) is 0 Å². The summed E-state index contributed by atoms with van der Waals surface area (Å²) in [6.45, 7) is 5.77. The van der Waals surface area contributed by atoms with Crippen LogP contribution in [0.15, 0.2) is 55.1 Å². The van der Waals surface area contributed by atoms with Gasteiger partial charge in [-0.15, -0.1) is 0 Å². The number of rotatable bonds is 3. The zero-order valence-electron chi connectivity index (χ0n) is 10.3. The summed E-state index contributed by atoms with van der Waals surface area (Å²) in [7, 11) is 0. The summed E-state index contributed by atoms with van der Waals surface area (Å²) >= 11 is 0. The highest BCUT2D eigenvalue weighted by Crippen LogP contribution is 2.19. The monoisotopic (exact) mass is 237 g/mol. The quantitative estimate of drug-likeness (QED) is 0.862.